The Morgan fingerprint density at radius 3 is 1.39 bits per heavy atom. The zero-order valence-corrected chi connectivity index (χ0v) is 45.5. The second-order valence-corrected chi connectivity index (χ2v) is 19.7. The van der Waals surface area contributed by atoms with Crippen molar-refractivity contribution in [3.05, 3.63) is 85.1 Å². The maximum atomic E-state index is 13.1. The summed E-state index contributed by atoms with van der Waals surface area (Å²) in [4.78, 5) is 13.1. The normalized spacial score (nSPS) is 25.4. The molecule has 426 valence electrons. The first kappa shape index (κ1) is 67.3. The summed E-state index contributed by atoms with van der Waals surface area (Å²) in [5, 5.41) is 72.3. The van der Waals surface area contributed by atoms with Gasteiger partial charge in [-0.3, -0.25) is 4.79 Å². The van der Waals surface area contributed by atoms with E-state index >= 15 is 0 Å². The Hall–Kier alpha value is -2.83. The maximum absolute atomic E-state index is 13.1. The molecule has 2 aliphatic heterocycles. The lowest BCUT2D eigenvalue weighted by atomic mass is 9.98. The topological polar surface area (TPSA) is 214 Å². The van der Waals surface area contributed by atoms with E-state index in [1.807, 2.05) is 0 Å². The highest BCUT2D eigenvalue weighted by atomic mass is 16.7. The SMILES string of the molecule is CC/C=C\C/C=C\C/C=C\C/C=C\C/C=C\C/C=C\CCCCCOCC(COC1OC(COC2OC(CO)C(O)C(O)C2O)C(O)C(O)C1O)OC(=O)CCCCCCCCC/C=C\CCCCCCCCC. The van der Waals surface area contributed by atoms with Crippen LogP contribution in [-0.2, 0) is 33.2 Å². The van der Waals surface area contributed by atoms with E-state index in [-0.39, 0.29) is 19.6 Å². The van der Waals surface area contributed by atoms with E-state index in [0.29, 0.717) is 13.0 Å². The van der Waals surface area contributed by atoms with Crippen molar-refractivity contribution in [1.82, 2.24) is 0 Å². The Bertz CT molecular complexity index is 1540. The molecule has 14 nitrogen and oxygen atoms in total. The molecule has 0 aliphatic carbocycles. The van der Waals surface area contributed by atoms with Crippen LogP contribution in [0.5, 0.6) is 0 Å². The highest BCUT2D eigenvalue weighted by Crippen LogP contribution is 2.26. The van der Waals surface area contributed by atoms with Gasteiger partial charge in [-0.15, -0.1) is 0 Å². The van der Waals surface area contributed by atoms with Crippen LogP contribution in [0.3, 0.4) is 0 Å². The number of aliphatic hydroxyl groups is 7. The quantitative estimate of drug-likeness (QED) is 0.0172. The van der Waals surface area contributed by atoms with Crippen LogP contribution in [0.2, 0.25) is 0 Å². The average molecular weight is 1050 g/mol. The molecule has 14 heteroatoms. The molecule has 7 N–H and O–H groups in total. The number of hydrogen-bond donors (Lipinski definition) is 7. The highest BCUT2D eigenvalue weighted by Gasteiger charge is 2.47. The van der Waals surface area contributed by atoms with Crippen molar-refractivity contribution in [2.24, 2.45) is 0 Å². The summed E-state index contributed by atoms with van der Waals surface area (Å²) in [7, 11) is 0. The van der Waals surface area contributed by atoms with Gasteiger partial charge < -0.3 is 64.2 Å². The summed E-state index contributed by atoms with van der Waals surface area (Å²) in [6, 6.07) is 0. The third-order valence-electron chi connectivity index (χ3n) is 13.1. The number of rotatable bonds is 45. The summed E-state index contributed by atoms with van der Waals surface area (Å²) in [6.45, 7) is 3.48. The first-order chi connectivity index (χ1) is 36.1. The molecule has 0 aromatic heterocycles. The number of ether oxygens (including phenoxy) is 6. The molecule has 0 aromatic rings. The Balaban J connectivity index is 1.75. The molecule has 2 saturated heterocycles. The molecule has 0 bridgehead atoms. The van der Waals surface area contributed by atoms with Crippen molar-refractivity contribution >= 4 is 5.97 Å². The van der Waals surface area contributed by atoms with Gasteiger partial charge in [0.05, 0.1) is 26.4 Å². The predicted octanol–water partition coefficient (Wildman–Crippen LogP) is 10.0. The average Bonchev–Trinajstić information content (AvgIpc) is 3.40. The lowest BCUT2D eigenvalue weighted by Crippen LogP contribution is -2.61. The van der Waals surface area contributed by atoms with Crippen molar-refractivity contribution in [3.63, 3.8) is 0 Å². The van der Waals surface area contributed by atoms with Crippen molar-refractivity contribution in [2.75, 3.05) is 33.0 Å². The Kier molecular flexibility index (Phi) is 42.1. The van der Waals surface area contributed by atoms with Gasteiger partial charge >= 0.3 is 5.97 Å². The lowest BCUT2D eigenvalue weighted by molar-refractivity contribution is -0.332. The van der Waals surface area contributed by atoms with Crippen LogP contribution in [0.4, 0.5) is 0 Å². The van der Waals surface area contributed by atoms with Crippen molar-refractivity contribution in [2.45, 2.75) is 255 Å². The fourth-order valence-corrected chi connectivity index (χ4v) is 8.52. The van der Waals surface area contributed by atoms with Gasteiger partial charge in [0.2, 0.25) is 0 Å². The summed E-state index contributed by atoms with van der Waals surface area (Å²) in [6.07, 6.45) is 43.5. The first-order valence-electron chi connectivity index (χ1n) is 28.7. The standard InChI is InChI=1S/C60H102O14/c1-3-5-7-9-11-13-15-17-19-21-23-24-25-26-28-30-32-34-36-38-40-42-44-69-46-49(72-52(62)43-41-39-37-35-33-31-29-27-22-20-18-16-14-12-10-8-6-4-2)47-70-59-58(68)56(66)54(64)51(74-59)48-71-60-57(67)55(65)53(63)50(45-61)73-60/h5,7,11,13,17,19-20,22-24,26,28,32,34,49-51,53-61,63-68H,3-4,6,8-10,12,14-16,18,21,25,27,29-31,33,35-48H2,1-2H3/b7-5-,13-11-,19-17-,22-20-,24-23-,28-26-,34-32-. The van der Waals surface area contributed by atoms with E-state index in [2.05, 4.69) is 98.9 Å². The van der Waals surface area contributed by atoms with Gasteiger partial charge in [-0.2, -0.15) is 0 Å². The van der Waals surface area contributed by atoms with E-state index in [1.165, 1.54) is 70.6 Å². The minimum atomic E-state index is -1.72. The van der Waals surface area contributed by atoms with E-state index < -0.39 is 86.7 Å². The molecule has 0 aromatic carbocycles. The molecular weight excluding hydrogens is 945 g/mol. The van der Waals surface area contributed by atoms with Gasteiger partial charge in [0.25, 0.3) is 0 Å². The summed E-state index contributed by atoms with van der Waals surface area (Å²) in [5.41, 5.74) is 0. The molecule has 0 spiro atoms. The molecule has 2 fully saturated rings. The first-order valence-corrected chi connectivity index (χ1v) is 28.7. The van der Waals surface area contributed by atoms with Gasteiger partial charge in [-0.1, -0.05) is 176 Å². The lowest BCUT2D eigenvalue weighted by Gasteiger charge is -2.42. The number of unbranched alkanes of at least 4 members (excludes halogenated alkanes) is 17. The van der Waals surface area contributed by atoms with Crippen LogP contribution in [-0.4, -0.2) is 142 Å². The Morgan fingerprint density at radius 2 is 0.878 bits per heavy atom. The third kappa shape index (κ3) is 32.7. The smallest absolute Gasteiger partial charge is 0.306 e. The van der Waals surface area contributed by atoms with E-state index in [9.17, 15) is 40.5 Å². The van der Waals surface area contributed by atoms with Gasteiger partial charge in [-0.25, -0.2) is 0 Å². The highest BCUT2D eigenvalue weighted by molar-refractivity contribution is 5.69. The molecule has 0 amide bonds. The molecule has 74 heavy (non-hydrogen) atoms. The minimum Gasteiger partial charge on any atom is -0.457 e. The van der Waals surface area contributed by atoms with Gasteiger partial charge in [0.1, 0.15) is 54.9 Å². The van der Waals surface area contributed by atoms with Crippen LogP contribution in [0.1, 0.15) is 187 Å². The van der Waals surface area contributed by atoms with Crippen molar-refractivity contribution in [1.29, 1.82) is 0 Å². The number of carbonyl (C=O) groups excluding carboxylic acids is 1. The fraction of sp³-hybridized carbons (Fsp3) is 0.750. The molecule has 11 unspecified atom stereocenters. The molecule has 2 aliphatic rings. The second kappa shape index (κ2) is 46.3. The van der Waals surface area contributed by atoms with Crippen LogP contribution in [0.25, 0.3) is 0 Å². The van der Waals surface area contributed by atoms with E-state index in [0.717, 1.165) is 89.9 Å². The zero-order chi connectivity index (χ0) is 53.7. The third-order valence-corrected chi connectivity index (χ3v) is 13.1. The number of hydrogen-bond acceptors (Lipinski definition) is 14. The maximum Gasteiger partial charge on any atom is 0.306 e. The fourth-order valence-electron chi connectivity index (χ4n) is 8.52. The molecule has 11 atom stereocenters. The Labute approximate surface area is 446 Å². The Morgan fingerprint density at radius 1 is 0.459 bits per heavy atom. The molecule has 2 rings (SSSR count). The number of carbonyl (C=O) groups is 1. The van der Waals surface area contributed by atoms with Crippen LogP contribution < -0.4 is 0 Å². The van der Waals surface area contributed by atoms with E-state index in [1.54, 1.807) is 0 Å². The number of esters is 1. The minimum absolute atomic E-state index is 0.0326. The largest absolute Gasteiger partial charge is 0.457 e. The molecule has 2 heterocycles. The van der Waals surface area contributed by atoms with Gasteiger partial charge in [0.15, 0.2) is 12.6 Å². The van der Waals surface area contributed by atoms with Gasteiger partial charge in [-0.05, 0) is 89.9 Å². The van der Waals surface area contributed by atoms with Crippen LogP contribution in [0, 0.1) is 0 Å². The summed E-state index contributed by atoms with van der Waals surface area (Å²) in [5.74, 6) is -0.395. The van der Waals surface area contributed by atoms with Crippen LogP contribution >= 0.6 is 0 Å². The summed E-state index contributed by atoms with van der Waals surface area (Å²) >= 11 is 0. The van der Waals surface area contributed by atoms with Crippen molar-refractivity contribution in [3.8, 4) is 0 Å². The van der Waals surface area contributed by atoms with Crippen molar-refractivity contribution < 1.29 is 69.0 Å². The zero-order valence-electron chi connectivity index (χ0n) is 45.5. The second-order valence-electron chi connectivity index (χ2n) is 19.7. The number of aliphatic hydroxyl groups excluding tert-OH is 7. The molecular formula is C60H102O14. The number of allylic oxidation sites excluding steroid dienone is 14. The van der Waals surface area contributed by atoms with Gasteiger partial charge in [0, 0.05) is 13.0 Å². The summed E-state index contributed by atoms with van der Waals surface area (Å²) < 4.78 is 34.3. The van der Waals surface area contributed by atoms with Crippen LogP contribution in [0.15, 0.2) is 85.1 Å². The molecule has 0 radical (unpaired) electrons. The van der Waals surface area contributed by atoms with E-state index in [4.69, 9.17) is 28.4 Å². The predicted molar refractivity (Wildman–Crippen MR) is 293 cm³/mol. The monoisotopic (exact) mass is 1050 g/mol. The molecule has 0 saturated carbocycles.